The van der Waals surface area contributed by atoms with Crippen LogP contribution in [0.3, 0.4) is 0 Å². The van der Waals surface area contributed by atoms with Gasteiger partial charge in [0, 0.05) is 5.02 Å². The number of methoxy groups -OCH3 is 1. The number of nitrogens with one attached hydrogen (secondary N) is 1. The van der Waals surface area contributed by atoms with Crippen LogP contribution in [0.15, 0.2) is 42.5 Å². The highest BCUT2D eigenvalue weighted by molar-refractivity contribution is 7.92. The van der Waals surface area contributed by atoms with Crippen molar-refractivity contribution in [3.05, 3.63) is 58.6 Å². The molecule has 2 rings (SSSR count). The highest BCUT2D eigenvalue weighted by Gasteiger charge is 2.30. The molecule has 0 aliphatic heterocycles. The number of nitrogens with zero attached hydrogens (tertiary/aromatic N) is 1. The summed E-state index contributed by atoms with van der Waals surface area (Å²) >= 11 is 6.02. The first-order chi connectivity index (χ1) is 13.6. The van der Waals surface area contributed by atoms with Crippen LogP contribution in [0, 0.1) is 6.92 Å². The van der Waals surface area contributed by atoms with Crippen LogP contribution < -0.4 is 14.4 Å². The Morgan fingerprint density at radius 1 is 1.24 bits per heavy atom. The first-order valence-electron chi connectivity index (χ1n) is 9.28. The highest BCUT2D eigenvalue weighted by Crippen LogP contribution is 2.26. The van der Waals surface area contributed by atoms with E-state index < -0.39 is 22.0 Å². The molecule has 2 aromatic carbocycles. The van der Waals surface area contributed by atoms with E-state index in [1.54, 1.807) is 32.2 Å². The molecule has 2 aromatic rings. The molecule has 2 atom stereocenters. The van der Waals surface area contributed by atoms with Crippen molar-refractivity contribution in [2.45, 2.75) is 39.3 Å². The quantitative estimate of drug-likeness (QED) is 0.673. The number of aryl methyl sites for hydroxylation is 1. The molecule has 158 valence electrons. The van der Waals surface area contributed by atoms with Crippen molar-refractivity contribution in [3.63, 3.8) is 0 Å². The second kappa shape index (κ2) is 9.50. The molecule has 0 radical (unpaired) electrons. The van der Waals surface area contributed by atoms with Crippen molar-refractivity contribution >= 4 is 33.2 Å². The summed E-state index contributed by atoms with van der Waals surface area (Å²) in [7, 11) is -2.10. The fourth-order valence-corrected chi connectivity index (χ4v) is 4.61. The lowest BCUT2D eigenvalue weighted by Gasteiger charge is -2.30. The minimum absolute atomic E-state index is 0.254. The predicted octanol–water partition coefficient (Wildman–Crippen LogP) is 4.08. The SMILES string of the molecule is CC[C@H](NC(=O)[C@@H](C)N(c1cccc(Cl)c1)S(C)(=O)=O)c1ccc(OC)c(C)c1. The maximum absolute atomic E-state index is 13.0. The number of amides is 1. The summed E-state index contributed by atoms with van der Waals surface area (Å²) in [5.41, 5.74) is 2.23. The van der Waals surface area contributed by atoms with Crippen molar-refractivity contribution in [2.24, 2.45) is 0 Å². The summed E-state index contributed by atoms with van der Waals surface area (Å²) in [5.74, 6) is 0.378. The van der Waals surface area contributed by atoms with Crippen molar-refractivity contribution in [3.8, 4) is 5.75 Å². The van der Waals surface area contributed by atoms with Crippen molar-refractivity contribution in [1.82, 2.24) is 5.32 Å². The first-order valence-corrected chi connectivity index (χ1v) is 11.5. The molecule has 0 saturated heterocycles. The molecule has 0 saturated carbocycles. The van der Waals surface area contributed by atoms with Crippen LogP contribution in [-0.2, 0) is 14.8 Å². The average Bonchev–Trinajstić information content (AvgIpc) is 2.64. The molecule has 0 unspecified atom stereocenters. The topological polar surface area (TPSA) is 75.7 Å². The summed E-state index contributed by atoms with van der Waals surface area (Å²) in [4.78, 5) is 13.0. The van der Waals surface area contributed by atoms with E-state index in [1.165, 1.54) is 6.07 Å². The van der Waals surface area contributed by atoms with Gasteiger partial charge in [0.2, 0.25) is 15.9 Å². The fourth-order valence-electron chi connectivity index (χ4n) is 3.25. The van der Waals surface area contributed by atoms with Gasteiger partial charge >= 0.3 is 0 Å². The molecule has 0 aliphatic rings. The molecule has 0 aliphatic carbocycles. The number of sulfonamides is 1. The Hall–Kier alpha value is -2.25. The number of ether oxygens (including phenoxy) is 1. The second-order valence-electron chi connectivity index (χ2n) is 6.91. The summed E-state index contributed by atoms with van der Waals surface area (Å²) in [6.45, 7) is 5.45. The Labute approximate surface area is 177 Å². The van der Waals surface area contributed by atoms with E-state index in [-0.39, 0.29) is 6.04 Å². The third kappa shape index (κ3) is 5.64. The van der Waals surface area contributed by atoms with Gasteiger partial charge in [0.25, 0.3) is 0 Å². The monoisotopic (exact) mass is 438 g/mol. The zero-order valence-corrected chi connectivity index (χ0v) is 18.8. The van der Waals surface area contributed by atoms with E-state index in [0.29, 0.717) is 17.1 Å². The van der Waals surface area contributed by atoms with Gasteiger partial charge in [-0.05, 0) is 55.7 Å². The van der Waals surface area contributed by atoms with Crippen LogP contribution in [-0.4, -0.2) is 33.7 Å². The molecular formula is C21H27ClN2O4S. The Morgan fingerprint density at radius 3 is 2.45 bits per heavy atom. The zero-order valence-electron chi connectivity index (χ0n) is 17.3. The Kier molecular flexibility index (Phi) is 7.54. The van der Waals surface area contributed by atoms with Crippen molar-refractivity contribution in [1.29, 1.82) is 0 Å². The maximum atomic E-state index is 13.0. The van der Waals surface area contributed by atoms with Crippen LogP contribution >= 0.6 is 11.6 Å². The Bertz CT molecular complexity index is 978. The standard InChI is InChI=1S/C21H27ClN2O4S/c1-6-19(16-10-11-20(28-4)14(2)12-16)23-21(25)15(3)24(29(5,26)27)18-9-7-8-17(22)13-18/h7-13,15,19H,6H2,1-5H3,(H,23,25)/t15-,19+/m1/s1. The summed E-state index contributed by atoms with van der Waals surface area (Å²) in [6.07, 6.45) is 1.72. The van der Waals surface area contributed by atoms with Gasteiger partial charge in [-0.1, -0.05) is 36.7 Å². The maximum Gasteiger partial charge on any atom is 0.244 e. The summed E-state index contributed by atoms with van der Waals surface area (Å²) in [5, 5.41) is 3.36. The van der Waals surface area contributed by atoms with E-state index >= 15 is 0 Å². The Morgan fingerprint density at radius 2 is 1.93 bits per heavy atom. The fraction of sp³-hybridized carbons (Fsp3) is 0.381. The third-order valence-corrected chi connectivity index (χ3v) is 6.17. The molecule has 6 nitrogen and oxygen atoms in total. The molecule has 1 amide bonds. The molecule has 0 spiro atoms. The smallest absolute Gasteiger partial charge is 0.244 e. The summed E-state index contributed by atoms with van der Waals surface area (Å²) < 4.78 is 31.2. The van der Waals surface area contributed by atoms with Crippen LogP contribution in [0.4, 0.5) is 5.69 Å². The number of carbonyl (C=O) groups excluding carboxylic acids is 1. The molecule has 8 heteroatoms. The zero-order chi connectivity index (χ0) is 21.8. The number of hydrogen-bond donors (Lipinski definition) is 1. The molecule has 0 aromatic heterocycles. The van der Waals surface area contributed by atoms with Crippen molar-refractivity contribution in [2.75, 3.05) is 17.7 Å². The molecule has 0 bridgehead atoms. The second-order valence-corrected chi connectivity index (χ2v) is 9.21. The third-order valence-electron chi connectivity index (χ3n) is 4.70. The summed E-state index contributed by atoms with van der Waals surface area (Å²) in [6, 6.07) is 11.0. The van der Waals surface area contributed by atoms with Gasteiger partial charge in [-0.15, -0.1) is 0 Å². The van der Waals surface area contributed by atoms with E-state index in [9.17, 15) is 13.2 Å². The lowest BCUT2D eigenvalue weighted by molar-refractivity contribution is -0.122. The van der Waals surface area contributed by atoms with Crippen LogP contribution in [0.2, 0.25) is 5.02 Å². The number of anilines is 1. The molecule has 29 heavy (non-hydrogen) atoms. The number of benzene rings is 2. The van der Waals surface area contributed by atoms with Crippen LogP contribution in [0.25, 0.3) is 0 Å². The van der Waals surface area contributed by atoms with Gasteiger partial charge in [-0.25, -0.2) is 8.42 Å². The van der Waals surface area contributed by atoms with Crippen LogP contribution in [0.1, 0.15) is 37.4 Å². The number of carbonyl (C=O) groups is 1. The normalized spacial score (nSPS) is 13.4. The van der Waals surface area contributed by atoms with Crippen LogP contribution in [0.5, 0.6) is 5.75 Å². The van der Waals surface area contributed by atoms with Crippen molar-refractivity contribution < 1.29 is 17.9 Å². The number of rotatable bonds is 8. The molecule has 1 N–H and O–H groups in total. The lowest BCUT2D eigenvalue weighted by atomic mass is 10.0. The van der Waals surface area contributed by atoms with Gasteiger partial charge in [0.1, 0.15) is 11.8 Å². The van der Waals surface area contributed by atoms with E-state index in [2.05, 4.69) is 5.32 Å². The van der Waals surface area contributed by atoms with Gasteiger partial charge in [-0.3, -0.25) is 9.10 Å². The average molecular weight is 439 g/mol. The lowest BCUT2D eigenvalue weighted by Crippen LogP contribution is -2.48. The largest absolute Gasteiger partial charge is 0.496 e. The minimum atomic E-state index is -3.70. The van der Waals surface area contributed by atoms with E-state index in [0.717, 1.165) is 27.4 Å². The minimum Gasteiger partial charge on any atom is -0.496 e. The van der Waals surface area contributed by atoms with E-state index in [1.807, 2.05) is 32.0 Å². The van der Waals surface area contributed by atoms with Gasteiger partial charge in [0.05, 0.1) is 25.1 Å². The van der Waals surface area contributed by atoms with Gasteiger partial charge in [-0.2, -0.15) is 0 Å². The molecule has 0 heterocycles. The van der Waals surface area contributed by atoms with Gasteiger partial charge in [0.15, 0.2) is 0 Å². The number of hydrogen-bond acceptors (Lipinski definition) is 4. The Balaban J connectivity index is 2.29. The predicted molar refractivity (Wildman–Crippen MR) is 117 cm³/mol. The first kappa shape index (κ1) is 23.0. The van der Waals surface area contributed by atoms with E-state index in [4.69, 9.17) is 16.3 Å². The number of halogens is 1. The van der Waals surface area contributed by atoms with Gasteiger partial charge < -0.3 is 10.1 Å². The molecular weight excluding hydrogens is 412 g/mol. The molecule has 0 fully saturated rings. The highest BCUT2D eigenvalue weighted by atomic mass is 35.5.